The number of carbonyl (C=O) groups excluding carboxylic acids is 6. The van der Waals surface area contributed by atoms with Gasteiger partial charge in [-0.1, -0.05) is 62.9 Å². The van der Waals surface area contributed by atoms with Crippen molar-refractivity contribution in [3.8, 4) is 34.5 Å². The first-order chi connectivity index (χ1) is 37.8. The van der Waals surface area contributed by atoms with Crippen molar-refractivity contribution in [1.29, 1.82) is 0 Å². The van der Waals surface area contributed by atoms with Crippen LogP contribution < -0.4 is 44.4 Å². The SMILES string of the molecule is CC[C@H](C(=O)N1CCCC[C@H]1C(=O)O[C@H](CCc1ccc(OC)c(OC)c1)c1cccc(OCC(=O)NCCCCCCCCNc2cccc3c2C(=O)N(C2CCC(=O)NC2=O)C3O)c1)c1cc(OC)c(OC)c(OC)c1. The summed E-state index contributed by atoms with van der Waals surface area (Å²) in [6.07, 6.45) is 7.05. The molecule has 0 radical (unpaired) electrons. The molecule has 0 saturated carbocycles. The normalized spacial score (nSPS) is 17.8. The molecule has 5 amide bonds. The van der Waals surface area contributed by atoms with Gasteiger partial charge in [0.1, 0.15) is 23.9 Å². The van der Waals surface area contributed by atoms with Crippen LogP contribution in [0.2, 0.25) is 0 Å². The number of likely N-dealkylation sites (tertiary alicyclic amines) is 1. The first-order valence-electron chi connectivity index (χ1n) is 27.1. The molecular formula is C59H75N5O14. The highest BCUT2D eigenvalue weighted by Gasteiger charge is 2.45. The van der Waals surface area contributed by atoms with E-state index >= 15 is 0 Å². The lowest BCUT2D eigenvalue weighted by atomic mass is 9.91. The standard InChI is InChI=1S/C59H75N5O14/c1-7-41(39-34-49(74-4)54(76-6)50(35-39)75-5)56(68)63-31-15-12-22-45(63)59(71)78-46(26-23-37-24-27-47(72-2)48(32-37)73-3)38-18-16-19-40(33-38)77-36-52(66)61-30-14-11-9-8-10-13-29-60-43-21-17-20-42-53(43)58(70)64(57(42)69)44-25-28-51(65)62-55(44)67/h16-21,24,27,32-35,41,44-46,57,60,69H,7-15,22-23,25-26,28-31,36H2,1-6H3,(H,61,66)(H,62,65,67)/t41-,44?,45-,46+,57?/m0/s1. The molecular weight excluding hydrogens is 1000 g/mol. The number of fused-ring (bicyclic) bond motifs is 1. The molecule has 420 valence electrons. The van der Waals surface area contributed by atoms with E-state index in [-0.39, 0.29) is 31.3 Å². The number of hydrogen-bond acceptors (Lipinski definition) is 15. The molecule has 2 fully saturated rings. The number of nitrogens with zero attached hydrogens (tertiary/aromatic N) is 2. The van der Waals surface area contributed by atoms with Crippen molar-refractivity contribution in [2.45, 2.75) is 127 Å². The Hall–Kier alpha value is -7.54. The summed E-state index contributed by atoms with van der Waals surface area (Å²) in [7, 11) is 7.73. The molecule has 19 heteroatoms. The number of anilines is 1. The number of aliphatic hydroxyl groups is 1. The zero-order valence-electron chi connectivity index (χ0n) is 45.7. The predicted molar refractivity (Wildman–Crippen MR) is 290 cm³/mol. The van der Waals surface area contributed by atoms with Gasteiger partial charge in [0.05, 0.1) is 47.0 Å². The fourth-order valence-electron chi connectivity index (χ4n) is 10.6. The third-order valence-electron chi connectivity index (χ3n) is 14.7. The highest BCUT2D eigenvalue weighted by molar-refractivity contribution is 6.08. The van der Waals surface area contributed by atoms with Gasteiger partial charge in [0, 0.05) is 37.3 Å². The smallest absolute Gasteiger partial charge is 0.329 e. The van der Waals surface area contributed by atoms with Crippen molar-refractivity contribution in [2.75, 3.05) is 67.1 Å². The Bertz CT molecular complexity index is 2730. The molecule has 4 N–H and O–H groups in total. The molecule has 4 aromatic carbocycles. The zero-order valence-corrected chi connectivity index (χ0v) is 45.7. The van der Waals surface area contributed by atoms with Gasteiger partial charge in [-0.15, -0.1) is 0 Å². The largest absolute Gasteiger partial charge is 0.493 e. The molecule has 78 heavy (non-hydrogen) atoms. The van der Waals surface area contributed by atoms with E-state index in [1.807, 2.05) is 31.2 Å². The number of unbranched alkanes of at least 4 members (excludes halogenated alkanes) is 5. The number of imide groups is 1. The number of methoxy groups -OCH3 is 5. The number of piperidine rings is 2. The Morgan fingerprint density at radius 3 is 2.15 bits per heavy atom. The van der Waals surface area contributed by atoms with Gasteiger partial charge in [-0.2, -0.15) is 0 Å². The monoisotopic (exact) mass is 1080 g/mol. The van der Waals surface area contributed by atoms with Crippen LogP contribution in [-0.2, 0) is 35.1 Å². The van der Waals surface area contributed by atoms with Crippen LogP contribution in [-0.4, -0.2) is 124 Å². The minimum Gasteiger partial charge on any atom is -0.493 e. The highest BCUT2D eigenvalue weighted by Crippen LogP contribution is 2.42. The van der Waals surface area contributed by atoms with Gasteiger partial charge in [-0.25, -0.2) is 4.79 Å². The molecule has 0 bridgehead atoms. The Kier molecular flexibility index (Phi) is 21.0. The van der Waals surface area contributed by atoms with Crippen LogP contribution in [0.1, 0.15) is 141 Å². The van der Waals surface area contributed by atoms with Crippen molar-refractivity contribution >= 4 is 41.2 Å². The Labute approximate surface area is 456 Å². The lowest BCUT2D eigenvalue weighted by molar-refractivity contribution is -0.162. The third kappa shape index (κ3) is 14.1. The van der Waals surface area contributed by atoms with Crippen molar-refractivity contribution < 1.29 is 67.0 Å². The molecule has 3 aliphatic rings. The number of aryl methyl sites for hydroxylation is 1. The number of esters is 1. The van der Waals surface area contributed by atoms with Crippen molar-refractivity contribution in [3.05, 3.63) is 101 Å². The summed E-state index contributed by atoms with van der Waals surface area (Å²) in [6, 6.07) is 19.9. The number of amides is 5. The second-order valence-corrected chi connectivity index (χ2v) is 19.7. The second kappa shape index (κ2) is 28.2. The van der Waals surface area contributed by atoms with Crippen LogP contribution in [0.25, 0.3) is 0 Å². The van der Waals surface area contributed by atoms with Gasteiger partial charge in [-0.3, -0.25) is 34.2 Å². The van der Waals surface area contributed by atoms with E-state index in [1.165, 1.54) is 21.3 Å². The fraction of sp³-hybridized carbons (Fsp3) is 0.492. The Morgan fingerprint density at radius 2 is 1.46 bits per heavy atom. The van der Waals surface area contributed by atoms with Crippen molar-refractivity contribution in [3.63, 3.8) is 0 Å². The van der Waals surface area contributed by atoms with E-state index in [2.05, 4.69) is 16.0 Å². The minimum absolute atomic E-state index is 0.0989. The molecule has 19 nitrogen and oxygen atoms in total. The summed E-state index contributed by atoms with van der Waals surface area (Å²) in [5, 5.41) is 19.5. The van der Waals surface area contributed by atoms with Gasteiger partial charge >= 0.3 is 5.97 Å². The minimum atomic E-state index is -1.27. The fourth-order valence-corrected chi connectivity index (χ4v) is 10.6. The van der Waals surface area contributed by atoms with E-state index in [4.69, 9.17) is 33.2 Å². The van der Waals surface area contributed by atoms with Crippen molar-refractivity contribution in [1.82, 2.24) is 20.4 Å². The molecule has 5 atom stereocenters. The summed E-state index contributed by atoms with van der Waals surface area (Å²) in [5.41, 5.74) is 3.67. The van der Waals surface area contributed by atoms with E-state index < -0.39 is 54.0 Å². The highest BCUT2D eigenvalue weighted by atomic mass is 16.5. The molecule has 2 unspecified atom stereocenters. The number of hydrogen-bond donors (Lipinski definition) is 4. The first kappa shape index (κ1) is 58.1. The average Bonchev–Trinajstić information content (AvgIpc) is 3.79. The van der Waals surface area contributed by atoms with Crippen LogP contribution in [0.5, 0.6) is 34.5 Å². The van der Waals surface area contributed by atoms with Crippen LogP contribution in [0.15, 0.2) is 72.8 Å². The van der Waals surface area contributed by atoms with Crippen LogP contribution in [0.3, 0.4) is 0 Å². The summed E-state index contributed by atoms with van der Waals surface area (Å²) in [6.45, 7) is 3.23. The number of carbonyl (C=O) groups is 6. The molecule has 3 heterocycles. The van der Waals surface area contributed by atoms with Gasteiger partial charge < -0.3 is 53.8 Å². The van der Waals surface area contributed by atoms with Gasteiger partial charge in [-0.05, 0) is 117 Å². The maximum atomic E-state index is 14.5. The molecule has 0 aromatic heterocycles. The quantitative estimate of drug-likeness (QED) is 0.0242. The molecule has 0 spiro atoms. The molecule has 2 saturated heterocycles. The van der Waals surface area contributed by atoms with Crippen LogP contribution >= 0.6 is 0 Å². The Morgan fingerprint density at radius 1 is 0.756 bits per heavy atom. The summed E-state index contributed by atoms with van der Waals surface area (Å²) in [4.78, 5) is 82.4. The van der Waals surface area contributed by atoms with Crippen LogP contribution in [0.4, 0.5) is 5.69 Å². The zero-order chi connectivity index (χ0) is 55.7. The van der Waals surface area contributed by atoms with E-state index in [9.17, 15) is 33.9 Å². The predicted octanol–water partition coefficient (Wildman–Crippen LogP) is 7.72. The number of benzene rings is 4. The maximum absolute atomic E-state index is 14.5. The molecule has 4 aromatic rings. The lowest BCUT2D eigenvalue weighted by Crippen LogP contribution is -2.53. The van der Waals surface area contributed by atoms with E-state index in [0.717, 1.165) is 61.8 Å². The van der Waals surface area contributed by atoms with Crippen LogP contribution in [0, 0.1) is 0 Å². The lowest BCUT2D eigenvalue weighted by Gasteiger charge is -2.37. The number of aliphatic hydroxyl groups excluding tert-OH is 1. The third-order valence-corrected chi connectivity index (χ3v) is 14.7. The van der Waals surface area contributed by atoms with Gasteiger partial charge in [0.2, 0.25) is 23.5 Å². The number of rotatable bonds is 28. The summed E-state index contributed by atoms with van der Waals surface area (Å²) >= 11 is 0. The first-order valence-corrected chi connectivity index (χ1v) is 27.1. The van der Waals surface area contributed by atoms with E-state index in [0.29, 0.717) is 108 Å². The maximum Gasteiger partial charge on any atom is 0.329 e. The summed E-state index contributed by atoms with van der Waals surface area (Å²) in [5.74, 6) is -0.0720. The topological polar surface area (TPSA) is 230 Å². The van der Waals surface area contributed by atoms with Gasteiger partial charge in [0.15, 0.2) is 35.8 Å². The van der Waals surface area contributed by atoms with Crippen molar-refractivity contribution in [2.24, 2.45) is 0 Å². The van der Waals surface area contributed by atoms with Gasteiger partial charge in [0.25, 0.3) is 11.8 Å². The molecule has 7 rings (SSSR count). The summed E-state index contributed by atoms with van der Waals surface area (Å²) < 4.78 is 40.2. The van der Waals surface area contributed by atoms with E-state index in [1.54, 1.807) is 67.7 Å². The molecule has 0 aliphatic carbocycles. The molecule has 3 aliphatic heterocycles. The second-order valence-electron chi connectivity index (χ2n) is 19.7. The average molecular weight is 1080 g/mol. The number of nitrogens with one attached hydrogen (secondary N) is 3. The Balaban J connectivity index is 0.893. The number of ether oxygens (including phenoxy) is 7.